The lowest BCUT2D eigenvalue weighted by Gasteiger charge is -2.14. The Bertz CT molecular complexity index is 6130. The van der Waals surface area contributed by atoms with Gasteiger partial charge < -0.3 is 0 Å². The molecule has 0 radical (unpaired) electrons. The predicted octanol–water partition coefficient (Wildman–Crippen LogP) is 21.2. The zero-order valence-corrected chi connectivity index (χ0v) is 49.6. The van der Waals surface area contributed by atoms with E-state index in [-0.39, 0.29) is 0 Å². The Kier molecular flexibility index (Phi) is 12.4. The molecule has 0 amide bonds. The number of rotatable bonds is 7. The molecule has 8 heteroatoms. The molecule has 0 N–H and O–H groups in total. The van der Waals surface area contributed by atoms with E-state index in [2.05, 4.69) is 298 Å². The minimum absolute atomic E-state index is 0.679. The van der Waals surface area contributed by atoms with E-state index in [9.17, 15) is 0 Å². The van der Waals surface area contributed by atoms with Crippen LogP contribution in [-0.2, 0) is 0 Å². The van der Waals surface area contributed by atoms with Crippen molar-refractivity contribution in [3.63, 3.8) is 0 Å². The molecule has 0 atom stereocenters. The molecule has 19 aromatic rings. The Labute approximate surface area is 528 Å². The first-order chi connectivity index (χ1) is 45.6. The fourth-order valence-electron chi connectivity index (χ4n) is 13.5. The molecule has 0 aliphatic rings. The van der Waals surface area contributed by atoms with Crippen molar-refractivity contribution in [2.75, 3.05) is 0 Å². The van der Waals surface area contributed by atoms with Gasteiger partial charge in [0.05, 0.1) is 44.1 Å². The summed E-state index contributed by atoms with van der Waals surface area (Å²) in [4.78, 5) is 30.1. The van der Waals surface area contributed by atoms with Crippen LogP contribution in [-0.4, -0.2) is 39.0 Å². The number of nitrogens with zero attached hydrogens (tertiary/aromatic N) is 8. The van der Waals surface area contributed by atoms with E-state index in [4.69, 9.17) is 19.9 Å². The van der Waals surface area contributed by atoms with Crippen LogP contribution in [0.2, 0.25) is 0 Å². The Morgan fingerprint density at radius 1 is 0.217 bits per heavy atom. The van der Waals surface area contributed by atoms with Crippen LogP contribution < -0.4 is 0 Å². The third kappa shape index (κ3) is 8.99. The third-order valence-corrected chi connectivity index (χ3v) is 18.0. The lowest BCUT2D eigenvalue weighted by molar-refractivity contribution is 1.08. The van der Waals surface area contributed by atoms with Crippen LogP contribution in [0, 0.1) is 0 Å². The smallest absolute Gasteiger partial charge is 0.162 e. The largest absolute Gasteiger partial charge is 0.293 e. The molecule has 8 nitrogen and oxygen atoms in total. The SMILES string of the molecule is c1ccc(-c2ccc3c(c2)c2cc4ccccc4cc2n3-c2nc(-c3ccc4cccnc4c3)nc3ccccc23)cc1.c1ccc(-c2ccc3c4cc5ccccc5cc4n(-c4nc(-c5ccc(-c6cccc7cccnc67)cc5)nc5ccccc45)c3c2)cc1. The van der Waals surface area contributed by atoms with Crippen molar-refractivity contribution in [2.24, 2.45) is 0 Å². The maximum Gasteiger partial charge on any atom is 0.162 e. The molecule has 6 aromatic heterocycles. The summed E-state index contributed by atoms with van der Waals surface area (Å²) in [5.74, 6) is 3.09. The average molecular weight is 1170 g/mol. The standard InChI is InChI=1S/C45H28N4.C39H24N4/c1-2-10-29(11-3-1)35-23-24-37-39-26-33-12-4-5-13-34(33)27-42(39)49(41(37)28-35)45-38-16-6-7-18-40(38)47-44(48-45)32-21-19-30(20-22-32)36-17-8-14-31-15-9-25-46-43(31)36;1-2-9-25(10-3-1)29-18-19-36-32(22-29)33-21-27-11-4-5-12-28(27)24-37(33)43(36)39-31-14-6-7-15-34(31)41-38(42-39)30-17-16-26-13-8-20-40-35(26)23-30/h1-28H;1-24H. The number of hydrogen-bond donors (Lipinski definition) is 0. The van der Waals surface area contributed by atoms with Crippen molar-refractivity contribution in [1.82, 2.24) is 39.0 Å². The first-order valence-electron chi connectivity index (χ1n) is 31.0. The molecule has 19 rings (SSSR count). The number of para-hydroxylation sites is 3. The maximum atomic E-state index is 5.39. The van der Waals surface area contributed by atoms with Gasteiger partial charge in [-0.25, -0.2) is 19.9 Å². The van der Waals surface area contributed by atoms with Gasteiger partial charge in [-0.1, -0.05) is 218 Å². The average Bonchev–Trinajstić information content (AvgIpc) is 1.58. The van der Waals surface area contributed by atoms with Crippen LogP contribution in [0.15, 0.2) is 316 Å². The van der Waals surface area contributed by atoms with Gasteiger partial charge in [0.25, 0.3) is 0 Å². The predicted molar refractivity (Wildman–Crippen MR) is 381 cm³/mol. The second-order valence-corrected chi connectivity index (χ2v) is 23.4. The summed E-state index contributed by atoms with van der Waals surface area (Å²) in [6, 6.07) is 107. The Hall–Kier alpha value is -12.5. The summed E-state index contributed by atoms with van der Waals surface area (Å²) in [7, 11) is 0. The van der Waals surface area contributed by atoms with Gasteiger partial charge >= 0.3 is 0 Å². The van der Waals surface area contributed by atoms with E-state index in [1.165, 1.54) is 65.3 Å². The summed E-state index contributed by atoms with van der Waals surface area (Å²) in [6.45, 7) is 0. The van der Waals surface area contributed by atoms with Crippen LogP contribution in [0.25, 0.3) is 177 Å². The lowest BCUT2D eigenvalue weighted by atomic mass is 10.0. The van der Waals surface area contributed by atoms with Gasteiger partial charge in [-0.2, -0.15) is 0 Å². The minimum Gasteiger partial charge on any atom is -0.293 e. The van der Waals surface area contributed by atoms with Crippen LogP contribution in [0.4, 0.5) is 0 Å². The van der Waals surface area contributed by atoms with Gasteiger partial charge in [0.15, 0.2) is 11.6 Å². The first-order valence-corrected chi connectivity index (χ1v) is 31.0. The summed E-state index contributed by atoms with van der Waals surface area (Å²) in [5.41, 5.74) is 17.0. The molecular formula is C84H52N8. The van der Waals surface area contributed by atoms with E-state index < -0.39 is 0 Å². The molecule has 0 aliphatic carbocycles. The van der Waals surface area contributed by atoms with Crippen LogP contribution >= 0.6 is 0 Å². The maximum absolute atomic E-state index is 5.39. The Balaban J connectivity index is 0.000000137. The molecule has 428 valence electrons. The van der Waals surface area contributed by atoms with Crippen molar-refractivity contribution in [1.29, 1.82) is 0 Å². The molecule has 0 aliphatic heterocycles. The number of pyridine rings is 2. The zero-order valence-electron chi connectivity index (χ0n) is 49.6. The number of hydrogen-bond acceptors (Lipinski definition) is 6. The van der Waals surface area contributed by atoms with Crippen molar-refractivity contribution in [2.45, 2.75) is 0 Å². The molecule has 0 saturated heterocycles. The number of fused-ring (bicyclic) bond motifs is 12. The molecule has 0 fully saturated rings. The molecule has 0 unspecified atom stereocenters. The van der Waals surface area contributed by atoms with Gasteiger partial charge in [-0.15, -0.1) is 0 Å². The molecular weight excluding hydrogens is 1120 g/mol. The van der Waals surface area contributed by atoms with E-state index in [0.717, 1.165) is 99.6 Å². The highest BCUT2D eigenvalue weighted by molar-refractivity contribution is 6.17. The number of benzene rings is 13. The Morgan fingerprint density at radius 3 is 1.35 bits per heavy atom. The highest BCUT2D eigenvalue weighted by atomic mass is 15.1. The zero-order chi connectivity index (χ0) is 60.6. The Morgan fingerprint density at radius 2 is 0.685 bits per heavy atom. The summed E-state index contributed by atoms with van der Waals surface area (Å²) in [6.07, 6.45) is 3.68. The van der Waals surface area contributed by atoms with Gasteiger partial charge in [0.1, 0.15) is 11.6 Å². The summed E-state index contributed by atoms with van der Waals surface area (Å²) < 4.78 is 4.66. The number of aromatic nitrogens is 8. The van der Waals surface area contributed by atoms with E-state index in [1.54, 1.807) is 0 Å². The monoisotopic (exact) mass is 1170 g/mol. The summed E-state index contributed by atoms with van der Waals surface area (Å²) in [5, 5.41) is 13.8. The third-order valence-electron chi connectivity index (χ3n) is 18.0. The van der Waals surface area contributed by atoms with Crippen LogP contribution in [0.3, 0.4) is 0 Å². The van der Waals surface area contributed by atoms with E-state index in [0.29, 0.717) is 11.6 Å². The normalized spacial score (nSPS) is 11.7. The lowest BCUT2D eigenvalue weighted by Crippen LogP contribution is -2.03. The van der Waals surface area contributed by atoms with E-state index >= 15 is 0 Å². The quantitative estimate of drug-likeness (QED) is 0.158. The van der Waals surface area contributed by atoms with Crippen molar-refractivity contribution >= 4 is 109 Å². The van der Waals surface area contributed by atoms with Gasteiger partial charge in [-0.05, 0) is 134 Å². The van der Waals surface area contributed by atoms with Crippen molar-refractivity contribution < 1.29 is 0 Å². The molecule has 0 bridgehead atoms. The van der Waals surface area contributed by atoms with Crippen molar-refractivity contribution in [3.8, 4) is 67.8 Å². The fraction of sp³-hybridized carbons (Fsp3) is 0. The summed E-state index contributed by atoms with van der Waals surface area (Å²) >= 11 is 0. The highest BCUT2D eigenvalue weighted by Gasteiger charge is 2.22. The van der Waals surface area contributed by atoms with Crippen molar-refractivity contribution in [3.05, 3.63) is 316 Å². The second kappa shape index (κ2) is 21.7. The molecule has 0 saturated carbocycles. The second-order valence-electron chi connectivity index (χ2n) is 23.4. The van der Waals surface area contributed by atoms with Gasteiger partial charge in [0.2, 0.25) is 0 Å². The first kappa shape index (κ1) is 52.6. The molecule has 13 aromatic carbocycles. The van der Waals surface area contributed by atoms with Gasteiger partial charge in [-0.3, -0.25) is 19.1 Å². The fourth-order valence-corrected chi connectivity index (χ4v) is 13.5. The molecule has 0 spiro atoms. The highest BCUT2D eigenvalue weighted by Crippen LogP contribution is 2.42. The molecule has 92 heavy (non-hydrogen) atoms. The van der Waals surface area contributed by atoms with Crippen LogP contribution in [0.5, 0.6) is 0 Å². The topological polar surface area (TPSA) is 87.2 Å². The van der Waals surface area contributed by atoms with Crippen LogP contribution in [0.1, 0.15) is 0 Å². The minimum atomic E-state index is 0.679. The van der Waals surface area contributed by atoms with E-state index in [1.807, 2.05) is 36.7 Å². The van der Waals surface area contributed by atoms with Gasteiger partial charge in [0, 0.05) is 72.2 Å². The molecule has 6 heterocycles.